The van der Waals surface area contributed by atoms with E-state index in [9.17, 15) is 0 Å². The molecule has 3 nitrogen and oxygen atoms in total. The second-order valence-corrected chi connectivity index (χ2v) is 7.65. The number of hydrogen-bond donors (Lipinski definition) is 0. The molecule has 0 saturated carbocycles. The van der Waals surface area contributed by atoms with Crippen LogP contribution >= 0.6 is 0 Å². The molecule has 1 aromatic heterocycles. The van der Waals surface area contributed by atoms with Gasteiger partial charge >= 0.3 is 0 Å². The Kier molecular flexibility index (Phi) is 4.15. The zero-order chi connectivity index (χ0) is 18.1. The van der Waals surface area contributed by atoms with Gasteiger partial charge in [0.2, 0.25) is 0 Å². The van der Waals surface area contributed by atoms with Crippen molar-refractivity contribution in [2.45, 2.75) is 32.7 Å². The van der Waals surface area contributed by atoms with E-state index in [4.69, 9.17) is 9.72 Å². The van der Waals surface area contributed by atoms with Crippen LogP contribution in [0.15, 0.2) is 66.7 Å². The third-order valence-corrected chi connectivity index (χ3v) is 4.65. The van der Waals surface area contributed by atoms with Gasteiger partial charge in [-0.25, -0.2) is 4.98 Å². The molecule has 0 aliphatic rings. The van der Waals surface area contributed by atoms with Crippen LogP contribution in [0.3, 0.4) is 0 Å². The Morgan fingerprint density at radius 2 is 1.62 bits per heavy atom. The van der Waals surface area contributed by atoms with Gasteiger partial charge in [-0.2, -0.15) is 0 Å². The molecule has 0 saturated heterocycles. The highest BCUT2D eigenvalue weighted by molar-refractivity contribution is 5.88. The van der Waals surface area contributed by atoms with E-state index in [1.54, 1.807) is 0 Å². The lowest BCUT2D eigenvalue weighted by Crippen LogP contribution is -2.21. The number of imidazole rings is 1. The molecule has 0 bridgehead atoms. The summed E-state index contributed by atoms with van der Waals surface area (Å²) in [4.78, 5) is 4.87. The van der Waals surface area contributed by atoms with Crippen LogP contribution in [0.4, 0.5) is 0 Å². The van der Waals surface area contributed by atoms with Gasteiger partial charge in [-0.3, -0.25) is 0 Å². The van der Waals surface area contributed by atoms with E-state index < -0.39 is 0 Å². The smallest absolute Gasteiger partial charge is 0.127 e. The van der Waals surface area contributed by atoms with Gasteiger partial charge in [0.1, 0.15) is 18.2 Å². The standard InChI is InChI=1S/C23H24N2O/c1-23(2,3)22-24-19-12-6-7-13-20(19)25(22)15-16-26-21-14-8-10-17-9-4-5-11-18(17)21/h4-14H,15-16H2,1-3H3. The molecule has 132 valence electrons. The Morgan fingerprint density at radius 3 is 2.46 bits per heavy atom. The molecule has 0 N–H and O–H groups in total. The lowest BCUT2D eigenvalue weighted by Gasteiger charge is -2.20. The molecule has 26 heavy (non-hydrogen) atoms. The van der Waals surface area contributed by atoms with Crippen molar-refractivity contribution in [1.29, 1.82) is 0 Å². The second-order valence-electron chi connectivity index (χ2n) is 7.65. The molecule has 0 spiro atoms. The highest BCUT2D eigenvalue weighted by Gasteiger charge is 2.22. The topological polar surface area (TPSA) is 27.1 Å². The zero-order valence-corrected chi connectivity index (χ0v) is 15.6. The average Bonchev–Trinajstić information content (AvgIpc) is 3.01. The van der Waals surface area contributed by atoms with E-state index >= 15 is 0 Å². The summed E-state index contributed by atoms with van der Waals surface area (Å²) in [5.74, 6) is 2.03. The normalized spacial score (nSPS) is 12.0. The zero-order valence-electron chi connectivity index (χ0n) is 15.6. The summed E-state index contributed by atoms with van der Waals surface area (Å²) in [5.41, 5.74) is 2.19. The predicted molar refractivity (Wildman–Crippen MR) is 108 cm³/mol. The molecule has 0 radical (unpaired) electrons. The maximum Gasteiger partial charge on any atom is 0.127 e. The molecule has 0 atom stereocenters. The van der Waals surface area contributed by atoms with Gasteiger partial charge in [0.15, 0.2) is 0 Å². The number of benzene rings is 3. The van der Waals surface area contributed by atoms with Gasteiger partial charge in [-0.05, 0) is 23.6 Å². The maximum absolute atomic E-state index is 6.16. The van der Waals surface area contributed by atoms with Gasteiger partial charge in [0.25, 0.3) is 0 Å². The first-order valence-electron chi connectivity index (χ1n) is 9.10. The lowest BCUT2D eigenvalue weighted by molar-refractivity contribution is 0.298. The van der Waals surface area contributed by atoms with E-state index in [1.165, 1.54) is 10.9 Å². The summed E-state index contributed by atoms with van der Waals surface area (Å²) in [6, 6.07) is 22.9. The Hall–Kier alpha value is -2.81. The molecule has 0 unspecified atom stereocenters. The molecule has 0 amide bonds. The average molecular weight is 344 g/mol. The monoisotopic (exact) mass is 344 g/mol. The van der Waals surface area contributed by atoms with Crippen molar-refractivity contribution in [2.24, 2.45) is 0 Å². The van der Waals surface area contributed by atoms with E-state index in [0.717, 1.165) is 29.0 Å². The van der Waals surface area contributed by atoms with Crippen molar-refractivity contribution in [3.8, 4) is 5.75 Å². The van der Waals surface area contributed by atoms with E-state index in [0.29, 0.717) is 6.61 Å². The Morgan fingerprint density at radius 1 is 0.885 bits per heavy atom. The summed E-state index contributed by atoms with van der Waals surface area (Å²) in [6.45, 7) is 8.00. The maximum atomic E-state index is 6.16. The van der Waals surface area contributed by atoms with Crippen LogP contribution in [0.2, 0.25) is 0 Å². The van der Waals surface area contributed by atoms with Crippen LogP contribution in [0.25, 0.3) is 21.8 Å². The first kappa shape index (κ1) is 16.6. The minimum atomic E-state index is -0.0154. The van der Waals surface area contributed by atoms with Crippen LogP contribution in [0, 0.1) is 0 Å². The fourth-order valence-electron chi connectivity index (χ4n) is 3.44. The summed E-state index contributed by atoms with van der Waals surface area (Å²) >= 11 is 0. The molecule has 3 heteroatoms. The highest BCUT2D eigenvalue weighted by Crippen LogP contribution is 2.27. The van der Waals surface area contributed by atoms with E-state index in [1.807, 2.05) is 18.2 Å². The molecule has 0 fully saturated rings. The summed E-state index contributed by atoms with van der Waals surface area (Å²) in [6.07, 6.45) is 0. The first-order chi connectivity index (χ1) is 12.5. The lowest BCUT2D eigenvalue weighted by atomic mass is 9.95. The quantitative estimate of drug-likeness (QED) is 0.484. The first-order valence-corrected chi connectivity index (χ1v) is 9.10. The number of hydrogen-bond acceptors (Lipinski definition) is 2. The van der Waals surface area contributed by atoms with Crippen molar-refractivity contribution in [3.05, 3.63) is 72.6 Å². The fourth-order valence-corrected chi connectivity index (χ4v) is 3.44. The highest BCUT2D eigenvalue weighted by atomic mass is 16.5. The number of fused-ring (bicyclic) bond motifs is 2. The minimum absolute atomic E-state index is 0.0154. The summed E-state index contributed by atoms with van der Waals surface area (Å²) in [7, 11) is 0. The van der Waals surface area contributed by atoms with Crippen LogP contribution in [-0.4, -0.2) is 16.2 Å². The molecule has 0 aliphatic carbocycles. The SMILES string of the molecule is CC(C)(C)c1nc2ccccc2n1CCOc1cccc2ccccc12. The van der Waals surface area contributed by atoms with Crippen LogP contribution < -0.4 is 4.74 Å². The van der Waals surface area contributed by atoms with Crippen molar-refractivity contribution in [3.63, 3.8) is 0 Å². The van der Waals surface area contributed by atoms with E-state index in [2.05, 4.69) is 73.9 Å². The number of rotatable bonds is 4. The molecule has 4 aromatic rings. The number of ether oxygens (including phenoxy) is 1. The number of nitrogens with zero attached hydrogens (tertiary/aromatic N) is 2. The van der Waals surface area contributed by atoms with Crippen LogP contribution in [-0.2, 0) is 12.0 Å². The third kappa shape index (κ3) is 3.05. The Bertz CT molecular complexity index is 1050. The summed E-state index contributed by atoms with van der Waals surface area (Å²) in [5, 5.41) is 2.36. The van der Waals surface area contributed by atoms with Gasteiger partial charge < -0.3 is 9.30 Å². The van der Waals surface area contributed by atoms with Gasteiger partial charge in [0, 0.05) is 10.8 Å². The fraction of sp³-hybridized carbons (Fsp3) is 0.261. The van der Waals surface area contributed by atoms with E-state index in [-0.39, 0.29) is 5.41 Å². The molecular weight excluding hydrogens is 320 g/mol. The number of para-hydroxylation sites is 2. The van der Waals surface area contributed by atoms with Gasteiger partial charge in [-0.1, -0.05) is 69.3 Å². The third-order valence-electron chi connectivity index (χ3n) is 4.65. The van der Waals surface area contributed by atoms with Gasteiger partial charge in [-0.15, -0.1) is 0 Å². The van der Waals surface area contributed by atoms with Crippen molar-refractivity contribution in [2.75, 3.05) is 6.61 Å². The molecule has 4 rings (SSSR count). The molecule has 3 aromatic carbocycles. The van der Waals surface area contributed by atoms with Crippen molar-refractivity contribution >= 4 is 21.8 Å². The number of aromatic nitrogens is 2. The van der Waals surface area contributed by atoms with Crippen LogP contribution in [0.1, 0.15) is 26.6 Å². The largest absolute Gasteiger partial charge is 0.491 e. The molecule has 1 heterocycles. The van der Waals surface area contributed by atoms with Crippen LogP contribution in [0.5, 0.6) is 5.75 Å². The second kappa shape index (κ2) is 6.49. The van der Waals surface area contributed by atoms with Crippen molar-refractivity contribution < 1.29 is 4.74 Å². The van der Waals surface area contributed by atoms with Gasteiger partial charge in [0.05, 0.1) is 17.6 Å². The Labute approximate surface area is 154 Å². The predicted octanol–water partition coefficient (Wildman–Crippen LogP) is 5.57. The Balaban J connectivity index is 1.62. The molecular formula is C23H24N2O. The molecule has 0 aliphatic heterocycles. The van der Waals surface area contributed by atoms with Crippen molar-refractivity contribution in [1.82, 2.24) is 9.55 Å². The minimum Gasteiger partial charge on any atom is -0.491 e. The summed E-state index contributed by atoms with van der Waals surface area (Å²) < 4.78 is 8.45.